The van der Waals surface area contributed by atoms with Crippen molar-refractivity contribution in [1.29, 1.82) is 0 Å². The first-order valence-corrected chi connectivity index (χ1v) is 10.1. The number of thiophene rings is 1. The highest BCUT2D eigenvalue weighted by Crippen LogP contribution is 2.30. The van der Waals surface area contributed by atoms with Crippen molar-refractivity contribution in [2.45, 2.75) is 0 Å². The second kappa shape index (κ2) is 9.69. The number of ether oxygens (including phenoxy) is 1. The van der Waals surface area contributed by atoms with Crippen LogP contribution < -0.4 is 27.2 Å². The number of rotatable bonds is 7. The van der Waals surface area contributed by atoms with E-state index in [1.165, 1.54) is 23.5 Å². The van der Waals surface area contributed by atoms with Crippen LogP contribution in [0.4, 0.5) is 20.3 Å². The van der Waals surface area contributed by atoms with Crippen LogP contribution in [-0.4, -0.2) is 43.0 Å². The monoisotopic (exact) mass is 447 g/mol. The molecule has 0 bridgehead atoms. The molecule has 0 unspecified atom stereocenters. The molecule has 1 aromatic carbocycles. The molecule has 2 heterocycles. The van der Waals surface area contributed by atoms with Gasteiger partial charge >= 0.3 is 0 Å². The largest absolute Gasteiger partial charge is 0.489 e. The van der Waals surface area contributed by atoms with Gasteiger partial charge in [-0.3, -0.25) is 5.01 Å². The van der Waals surface area contributed by atoms with Crippen molar-refractivity contribution in [3.05, 3.63) is 58.4 Å². The number of benzene rings is 1. The third-order valence-electron chi connectivity index (χ3n) is 4.45. The molecule has 0 aliphatic carbocycles. The zero-order chi connectivity index (χ0) is 22.5. The van der Waals surface area contributed by atoms with E-state index in [4.69, 9.17) is 22.2 Å². The Morgan fingerprint density at radius 3 is 2.61 bits per heavy atom. The van der Waals surface area contributed by atoms with E-state index in [1.54, 1.807) is 12.3 Å². The van der Waals surface area contributed by atoms with Crippen molar-refractivity contribution in [3.8, 4) is 16.9 Å². The summed E-state index contributed by atoms with van der Waals surface area (Å²) in [4.78, 5) is 6.01. The number of aromatic nitrogens is 1. The Morgan fingerprint density at radius 2 is 1.97 bits per heavy atom. The molecule has 0 amide bonds. The van der Waals surface area contributed by atoms with Gasteiger partial charge in [0.2, 0.25) is 5.82 Å². The third kappa shape index (κ3) is 4.90. The van der Waals surface area contributed by atoms with Crippen LogP contribution >= 0.6 is 11.3 Å². The number of nitrogens with two attached hydrogens (primary N) is 3. The first-order chi connectivity index (χ1) is 14.8. The molecule has 164 valence electrons. The summed E-state index contributed by atoms with van der Waals surface area (Å²) in [7, 11) is 3.69. The topological polar surface area (TPSA) is 119 Å². The lowest BCUT2D eigenvalue weighted by molar-refractivity contribution is 0.249. The van der Waals surface area contributed by atoms with Gasteiger partial charge in [0.15, 0.2) is 17.4 Å². The lowest BCUT2D eigenvalue weighted by Gasteiger charge is -2.22. The van der Waals surface area contributed by atoms with Crippen LogP contribution in [0.25, 0.3) is 11.1 Å². The predicted octanol–water partition coefficient (Wildman–Crippen LogP) is 2.61. The fraction of sp³-hybridized carbons (Fsp3) is 0.200. The molecule has 0 aliphatic heterocycles. The minimum absolute atomic E-state index is 0.0818. The van der Waals surface area contributed by atoms with E-state index in [-0.39, 0.29) is 35.3 Å². The minimum atomic E-state index is -1.20. The number of anilines is 2. The highest BCUT2D eigenvalue weighted by atomic mass is 32.1. The molecular weight excluding hydrogens is 424 g/mol. The SMILES string of the molecule is CN(C)CCOc1ccc(N(N)/C(=N\N)c2cc(-c3ccsc3)cnc2N)c(F)c1F. The number of hydrogen-bond donors (Lipinski definition) is 3. The quantitative estimate of drug-likeness (QED) is 0.220. The summed E-state index contributed by atoms with van der Waals surface area (Å²) >= 11 is 1.52. The van der Waals surface area contributed by atoms with Crippen LogP contribution in [0.2, 0.25) is 0 Å². The molecule has 0 aliphatic rings. The molecule has 11 heteroatoms. The lowest BCUT2D eigenvalue weighted by atomic mass is 10.1. The van der Waals surface area contributed by atoms with Crippen molar-refractivity contribution in [1.82, 2.24) is 9.88 Å². The van der Waals surface area contributed by atoms with Gasteiger partial charge < -0.3 is 21.2 Å². The van der Waals surface area contributed by atoms with E-state index in [2.05, 4.69) is 10.1 Å². The molecule has 3 aromatic rings. The Kier molecular flexibility index (Phi) is 7.00. The summed E-state index contributed by atoms with van der Waals surface area (Å²) in [6.45, 7) is 0.741. The highest BCUT2D eigenvalue weighted by Gasteiger charge is 2.23. The summed E-state index contributed by atoms with van der Waals surface area (Å²) in [5.74, 6) is 9.02. The summed E-state index contributed by atoms with van der Waals surface area (Å²) in [5.41, 5.74) is 7.63. The number of pyridine rings is 1. The van der Waals surface area contributed by atoms with Crippen LogP contribution in [-0.2, 0) is 0 Å². The van der Waals surface area contributed by atoms with Gasteiger partial charge in [0.1, 0.15) is 12.4 Å². The normalized spacial score (nSPS) is 11.7. The molecule has 0 spiro atoms. The average Bonchev–Trinajstić information content (AvgIpc) is 3.27. The molecule has 8 nitrogen and oxygen atoms in total. The van der Waals surface area contributed by atoms with E-state index >= 15 is 0 Å². The minimum Gasteiger partial charge on any atom is -0.489 e. The summed E-state index contributed by atoms with van der Waals surface area (Å²) in [5, 5.41) is 8.33. The fourth-order valence-electron chi connectivity index (χ4n) is 2.77. The van der Waals surface area contributed by atoms with E-state index < -0.39 is 11.6 Å². The maximum Gasteiger partial charge on any atom is 0.202 e. The summed E-state index contributed by atoms with van der Waals surface area (Å²) < 4.78 is 34.6. The molecular formula is C20H23F2N7OS. The molecule has 0 fully saturated rings. The van der Waals surface area contributed by atoms with E-state index in [9.17, 15) is 8.78 Å². The first-order valence-electron chi connectivity index (χ1n) is 9.20. The van der Waals surface area contributed by atoms with Crippen molar-refractivity contribution in [3.63, 3.8) is 0 Å². The number of hydrogen-bond acceptors (Lipinski definition) is 8. The Labute approximate surface area is 182 Å². The van der Waals surface area contributed by atoms with Gasteiger partial charge in [0, 0.05) is 18.3 Å². The zero-order valence-electron chi connectivity index (χ0n) is 17.0. The molecule has 6 N–H and O–H groups in total. The maximum atomic E-state index is 14.8. The standard InChI is InChI=1S/C20H23F2N7OS/c1-28(2)6-7-30-16-4-3-15(17(21)18(16)22)29(25)20(27-24)14-9-13(10-26-19(14)23)12-5-8-31-11-12/h3-5,8-11H,6-7,24-25H2,1-2H3,(H2,23,26)/b27-20-. The molecule has 0 atom stereocenters. The summed E-state index contributed by atoms with van der Waals surface area (Å²) in [6.07, 6.45) is 1.59. The number of nitrogen functional groups attached to an aromatic ring is 1. The highest BCUT2D eigenvalue weighted by molar-refractivity contribution is 7.08. The smallest absolute Gasteiger partial charge is 0.202 e. The predicted molar refractivity (Wildman–Crippen MR) is 120 cm³/mol. The van der Waals surface area contributed by atoms with Crippen LogP contribution in [0.3, 0.4) is 0 Å². The van der Waals surface area contributed by atoms with Gasteiger partial charge in [0.05, 0.1) is 11.3 Å². The van der Waals surface area contributed by atoms with Gasteiger partial charge in [-0.2, -0.15) is 20.8 Å². The van der Waals surface area contributed by atoms with Crippen molar-refractivity contribution in [2.75, 3.05) is 38.0 Å². The lowest BCUT2D eigenvalue weighted by Crippen LogP contribution is -2.40. The number of nitrogens with zero attached hydrogens (tertiary/aromatic N) is 4. The molecule has 0 radical (unpaired) electrons. The zero-order valence-corrected chi connectivity index (χ0v) is 17.9. The Bertz CT molecular complexity index is 1070. The van der Waals surface area contributed by atoms with E-state index in [1.807, 2.05) is 35.8 Å². The Morgan fingerprint density at radius 1 is 1.19 bits per heavy atom. The second-order valence-electron chi connectivity index (χ2n) is 6.85. The molecule has 0 saturated heterocycles. The van der Waals surface area contributed by atoms with E-state index in [0.717, 1.165) is 16.1 Å². The van der Waals surface area contributed by atoms with Crippen LogP contribution in [0.15, 0.2) is 46.3 Å². The van der Waals surface area contributed by atoms with E-state index in [0.29, 0.717) is 6.54 Å². The Hall–Kier alpha value is -3.28. The van der Waals surface area contributed by atoms with Gasteiger partial charge in [-0.25, -0.2) is 15.2 Å². The van der Waals surface area contributed by atoms with Crippen molar-refractivity contribution >= 4 is 28.7 Å². The van der Waals surface area contributed by atoms with Crippen LogP contribution in [0.1, 0.15) is 5.56 Å². The maximum absolute atomic E-state index is 14.8. The molecule has 2 aromatic heterocycles. The van der Waals surface area contributed by atoms with Gasteiger partial charge in [0.25, 0.3) is 0 Å². The number of halogens is 2. The van der Waals surface area contributed by atoms with Crippen molar-refractivity contribution in [2.24, 2.45) is 16.8 Å². The number of likely N-dealkylation sites (N-methyl/N-ethyl adjacent to an activating group) is 1. The fourth-order valence-corrected chi connectivity index (χ4v) is 3.44. The molecule has 31 heavy (non-hydrogen) atoms. The van der Waals surface area contributed by atoms with Gasteiger partial charge in [-0.05, 0) is 54.7 Å². The van der Waals surface area contributed by atoms with Crippen LogP contribution in [0.5, 0.6) is 5.75 Å². The number of amidine groups is 1. The van der Waals surface area contributed by atoms with Crippen molar-refractivity contribution < 1.29 is 13.5 Å². The molecule has 3 rings (SSSR count). The van der Waals surface area contributed by atoms with Gasteiger partial charge in [-0.1, -0.05) is 0 Å². The average molecular weight is 448 g/mol. The summed E-state index contributed by atoms with van der Waals surface area (Å²) in [6, 6.07) is 6.16. The third-order valence-corrected chi connectivity index (χ3v) is 5.13. The Balaban J connectivity index is 1.92. The molecule has 0 saturated carbocycles. The van der Waals surface area contributed by atoms with Gasteiger partial charge in [-0.15, -0.1) is 0 Å². The first kappa shape index (κ1) is 22.4. The second-order valence-corrected chi connectivity index (χ2v) is 7.63. The number of hydrazone groups is 1. The number of hydrazine groups is 1. The van der Waals surface area contributed by atoms with Crippen LogP contribution in [0, 0.1) is 11.6 Å².